The zero-order chi connectivity index (χ0) is 14.2. The van der Waals surface area contributed by atoms with Gasteiger partial charge in [-0.05, 0) is 31.2 Å². The molecule has 4 nitrogen and oxygen atoms in total. The maximum atomic E-state index is 5.75. The molecule has 0 saturated carbocycles. The molecule has 0 fully saturated rings. The molecule has 0 bridgehead atoms. The van der Waals surface area contributed by atoms with E-state index in [1.54, 1.807) is 11.3 Å². The standard InChI is InChI=1S/C16H11N3OS/c1-10-6-8-11(9-7-10)14-18-19-15(20-14)16-17-12-4-2-3-5-13(12)21-16/h2-9H,1H3. The van der Waals surface area contributed by atoms with Crippen LogP contribution in [0.15, 0.2) is 52.9 Å². The van der Waals surface area contributed by atoms with Crippen molar-refractivity contribution in [3.05, 3.63) is 54.1 Å². The Balaban J connectivity index is 1.75. The number of aromatic nitrogens is 3. The zero-order valence-corrected chi connectivity index (χ0v) is 12.1. The molecule has 0 aliphatic heterocycles. The minimum Gasteiger partial charge on any atom is -0.414 e. The number of thiazole rings is 1. The van der Waals surface area contributed by atoms with Crippen LogP contribution in [-0.2, 0) is 0 Å². The normalized spacial score (nSPS) is 11.1. The van der Waals surface area contributed by atoms with E-state index in [9.17, 15) is 0 Å². The van der Waals surface area contributed by atoms with Crippen LogP contribution in [0.2, 0.25) is 0 Å². The smallest absolute Gasteiger partial charge is 0.277 e. The average Bonchev–Trinajstić information content (AvgIpc) is 3.14. The van der Waals surface area contributed by atoms with E-state index >= 15 is 0 Å². The Morgan fingerprint density at radius 3 is 2.48 bits per heavy atom. The largest absolute Gasteiger partial charge is 0.414 e. The summed E-state index contributed by atoms with van der Waals surface area (Å²) in [5, 5.41) is 8.98. The van der Waals surface area contributed by atoms with Gasteiger partial charge < -0.3 is 4.42 Å². The summed E-state index contributed by atoms with van der Waals surface area (Å²) in [7, 11) is 0. The SMILES string of the molecule is Cc1ccc(-c2nnc(-c3nc4ccccc4s3)o2)cc1. The van der Waals surface area contributed by atoms with E-state index in [-0.39, 0.29) is 0 Å². The summed E-state index contributed by atoms with van der Waals surface area (Å²) < 4.78 is 6.86. The van der Waals surface area contributed by atoms with Gasteiger partial charge in [-0.1, -0.05) is 29.8 Å². The lowest BCUT2D eigenvalue weighted by atomic mass is 10.1. The Kier molecular flexibility index (Phi) is 2.79. The predicted molar refractivity (Wildman–Crippen MR) is 83.1 cm³/mol. The fraction of sp³-hybridized carbons (Fsp3) is 0.0625. The van der Waals surface area contributed by atoms with Gasteiger partial charge in [-0.3, -0.25) is 0 Å². The van der Waals surface area contributed by atoms with Crippen molar-refractivity contribution >= 4 is 21.6 Å². The van der Waals surface area contributed by atoms with Crippen molar-refractivity contribution in [2.45, 2.75) is 6.92 Å². The minimum absolute atomic E-state index is 0.465. The molecule has 21 heavy (non-hydrogen) atoms. The molecule has 5 heteroatoms. The minimum atomic E-state index is 0.465. The molecule has 2 aromatic heterocycles. The van der Waals surface area contributed by atoms with Crippen molar-refractivity contribution in [2.24, 2.45) is 0 Å². The van der Waals surface area contributed by atoms with Crippen molar-refractivity contribution in [1.29, 1.82) is 0 Å². The molecule has 0 spiro atoms. The zero-order valence-electron chi connectivity index (χ0n) is 11.3. The second-order valence-electron chi connectivity index (χ2n) is 4.77. The van der Waals surface area contributed by atoms with Crippen LogP contribution in [-0.4, -0.2) is 15.2 Å². The van der Waals surface area contributed by atoms with E-state index in [0.717, 1.165) is 20.8 Å². The molecule has 0 aliphatic rings. The molecule has 0 N–H and O–H groups in total. The quantitative estimate of drug-likeness (QED) is 0.552. The predicted octanol–water partition coefficient (Wildman–Crippen LogP) is 4.32. The van der Waals surface area contributed by atoms with Crippen LogP contribution in [0, 0.1) is 6.92 Å². The van der Waals surface area contributed by atoms with E-state index < -0.39 is 0 Å². The molecule has 0 atom stereocenters. The summed E-state index contributed by atoms with van der Waals surface area (Å²) in [4.78, 5) is 4.53. The average molecular weight is 293 g/mol. The van der Waals surface area contributed by atoms with Crippen LogP contribution in [0.4, 0.5) is 0 Å². The second kappa shape index (κ2) is 4.79. The first-order valence-corrected chi connectivity index (χ1v) is 7.38. The first-order chi connectivity index (χ1) is 10.3. The molecule has 4 aromatic rings. The summed E-state index contributed by atoms with van der Waals surface area (Å²) in [6, 6.07) is 16.0. The highest BCUT2D eigenvalue weighted by atomic mass is 32.1. The number of nitrogens with zero attached hydrogens (tertiary/aromatic N) is 3. The summed E-state index contributed by atoms with van der Waals surface area (Å²) >= 11 is 1.55. The third-order valence-electron chi connectivity index (χ3n) is 3.20. The molecule has 102 valence electrons. The Hall–Kier alpha value is -2.53. The van der Waals surface area contributed by atoms with Gasteiger partial charge in [0.2, 0.25) is 5.89 Å². The van der Waals surface area contributed by atoms with Crippen LogP contribution >= 0.6 is 11.3 Å². The number of fused-ring (bicyclic) bond motifs is 1. The molecule has 2 aromatic carbocycles. The summed E-state index contributed by atoms with van der Waals surface area (Å²) in [6.07, 6.45) is 0. The lowest BCUT2D eigenvalue weighted by molar-refractivity contribution is 0.584. The third kappa shape index (κ3) is 2.21. The van der Waals surface area contributed by atoms with Gasteiger partial charge in [0.25, 0.3) is 5.89 Å². The van der Waals surface area contributed by atoms with Gasteiger partial charge in [-0.25, -0.2) is 4.98 Å². The van der Waals surface area contributed by atoms with Gasteiger partial charge in [-0.2, -0.15) is 0 Å². The van der Waals surface area contributed by atoms with Gasteiger partial charge in [-0.15, -0.1) is 21.5 Å². The topological polar surface area (TPSA) is 51.8 Å². The van der Waals surface area contributed by atoms with E-state index in [2.05, 4.69) is 15.2 Å². The van der Waals surface area contributed by atoms with Gasteiger partial charge in [0.05, 0.1) is 10.2 Å². The highest BCUT2D eigenvalue weighted by Gasteiger charge is 2.14. The number of para-hydroxylation sites is 1. The number of hydrogen-bond donors (Lipinski definition) is 0. The highest BCUT2D eigenvalue weighted by Crippen LogP contribution is 2.30. The van der Waals surface area contributed by atoms with Crippen LogP contribution in [0.1, 0.15) is 5.56 Å². The first kappa shape index (κ1) is 12.2. The summed E-state index contributed by atoms with van der Waals surface area (Å²) in [5.41, 5.74) is 3.07. The van der Waals surface area contributed by atoms with Crippen molar-refractivity contribution in [2.75, 3.05) is 0 Å². The molecule has 0 saturated heterocycles. The molecular weight excluding hydrogens is 282 g/mol. The lowest BCUT2D eigenvalue weighted by Crippen LogP contribution is -1.78. The number of rotatable bonds is 2. The Labute approximate surface area is 125 Å². The molecule has 0 unspecified atom stereocenters. The third-order valence-corrected chi connectivity index (χ3v) is 4.22. The molecule has 0 amide bonds. The van der Waals surface area contributed by atoms with E-state index in [1.165, 1.54) is 5.56 Å². The Morgan fingerprint density at radius 2 is 1.67 bits per heavy atom. The van der Waals surface area contributed by atoms with Crippen LogP contribution in [0.25, 0.3) is 32.6 Å². The molecule has 0 aliphatic carbocycles. The Morgan fingerprint density at radius 1 is 0.905 bits per heavy atom. The first-order valence-electron chi connectivity index (χ1n) is 6.56. The highest BCUT2D eigenvalue weighted by molar-refractivity contribution is 7.21. The summed E-state index contributed by atoms with van der Waals surface area (Å²) in [5.74, 6) is 0.982. The fourth-order valence-corrected chi connectivity index (χ4v) is 2.97. The Bertz CT molecular complexity index is 876. The molecule has 4 rings (SSSR count). The van der Waals surface area contributed by atoms with E-state index in [0.29, 0.717) is 11.8 Å². The maximum absolute atomic E-state index is 5.75. The second-order valence-corrected chi connectivity index (χ2v) is 5.80. The van der Waals surface area contributed by atoms with E-state index in [1.807, 2.05) is 55.5 Å². The number of hydrogen-bond acceptors (Lipinski definition) is 5. The molecule has 2 heterocycles. The summed E-state index contributed by atoms with van der Waals surface area (Å²) in [6.45, 7) is 2.05. The van der Waals surface area contributed by atoms with Gasteiger partial charge in [0.15, 0.2) is 5.01 Å². The van der Waals surface area contributed by atoms with Crippen molar-refractivity contribution in [3.63, 3.8) is 0 Å². The molecule has 0 radical (unpaired) electrons. The fourth-order valence-electron chi connectivity index (χ4n) is 2.09. The van der Waals surface area contributed by atoms with Crippen molar-refractivity contribution < 1.29 is 4.42 Å². The van der Waals surface area contributed by atoms with Crippen molar-refractivity contribution in [1.82, 2.24) is 15.2 Å². The van der Waals surface area contributed by atoms with Gasteiger partial charge in [0, 0.05) is 5.56 Å². The van der Waals surface area contributed by atoms with Crippen molar-refractivity contribution in [3.8, 4) is 22.4 Å². The van der Waals surface area contributed by atoms with Crippen LogP contribution in [0.3, 0.4) is 0 Å². The number of aryl methyl sites for hydroxylation is 1. The van der Waals surface area contributed by atoms with Crippen LogP contribution < -0.4 is 0 Å². The number of benzene rings is 2. The van der Waals surface area contributed by atoms with Crippen LogP contribution in [0.5, 0.6) is 0 Å². The van der Waals surface area contributed by atoms with E-state index in [4.69, 9.17) is 4.42 Å². The van der Waals surface area contributed by atoms with Gasteiger partial charge in [0.1, 0.15) is 0 Å². The lowest BCUT2D eigenvalue weighted by Gasteiger charge is -1.94. The maximum Gasteiger partial charge on any atom is 0.277 e. The monoisotopic (exact) mass is 293 g/mol. The molecular formula is C16H11N3OS. The van der Waals surface area contributed by atoms with Gasteiger partial charge >= 0.3 is 0 Å².